The van der Waals surface area contributed by atoms with Gasteiger partial charge in [0.25, 0.3) is 5.91 Å². The third-order valence-electron chi connectivity index (χ3n) is 4.82. The number of anilines is 2. The zero-order valence-electron chi connectivity index (χ0n) is 17.7. The number of carbonyl (C=O) groups excluding carboxylic acids is 1. The molecule has 2 heterocycles. The third kappa shape index (κ3) is 5.16. The van der Waals surface area contributed by atoms with Gasteiger partial charge in [-0.2, -0.15) is 0 Å². The first-order valence-corrected chi connectivity index (χ1v) is 9.68. The molecule has 1 N–H and O–H groups in total. The van der Waals surface area contributed by atoms with Crippen LogP contribution in [0.25, 0.3) is 0 Å². The maximum atomic E-state index is 12.9. The van der Waals surface area contributed by atoms with Gasteiger partial charge in [0.15, 0.2) is 0 Å². The van der Waals surface area contributed by atoms with E-state index in [4.69, 9.17) is 0 Å². The van der Waals surface area contributed by atoms with Crippen LogP contribution in [0.15, 0.2) is 42.7 Å². The van der Waals surface area contributed by atoms with E-state index in [9.17, 15) is 4.79 Å². The van der Waals surface area contributed by atoms with Crippen LogP contribution in [-0.4, -0.2) is 39.4 Å². The van der Waals surface area contributed by atoms with Gasteiger partial charge in [0.2, 0.25) is 5.95 Å². The molecule has 0 saturated heterocycles. The zero-order valence-corrected chi connectivity index (χ0v) is 17.7. The van der Waals surface area contributed by atoms with Crippen LogP contribution in [0.4, 0.5) is 11.6 Å². The molecule has 0 atom stereocenters. The van der Waals surface area contributed by atoms with Crippen molar-refractivity contribution in [1.82, 2.24) is 19.9 Å². The molecule has 3 aromatic rings. The molecule has 6 heteroatoms. The summed E-state index contributed by atoms with van der Waals surface area (Å²) in [7, 11) is 1.79. The summed E-state index contributed by atoms with van der Waals surface area (Å²) in [6, 6.07) is 9.88. The summed E-state index contributed by atoms with van der Waals surface area (Å²) >= 11 is 0. The number of nitrogens with zero attached hydrogens (tertiary/aromatic N) is 4. The Labute approximate surface area is 172 Å². The zero-order chi connectivity index (χ0) is 21.0. The maximum Gasteiger partial charge on any atom is 0.272 e. The number of likely N-dealkylation sites (N-methyl/N-ethyl adjacent to an activating group) is 1. The van der Waals surface area contributed by atoms with E-state index >= 15 is 0 Å². The van der Waals surface area contributed by atoms with Crippen LogP contribution in [0.2, 0.25) is 0 Å². The third-order valence-corrected chi connectivity index (χ3v) is 4.82. The smallest absolute Gasteiger partial charge is 0.272 e. The summed E-state index contributed by atoms with van der Waals surface area (Å²) < 4.78 is 0. The number of aryl methyl sites for hydroxylation is 4. The van der Waals surface area contributed by atoms with Gasteiger partial charge < -0.3 is 10.2 Å². The highest BCUT2D eigenvalue weighted by atomic mass is 16.2. The number of aromatic nitrogens is 3. The van der Waals surface area contributed by atoms with Gasteiger partial charge in [-0.25, -0.2) is 9.97 Å². The van der Waals surface area contributed by atoms with Gasteiger partial charge in [0.1, 0.15) is 5.69 Å². The van der Waals surface area contributed by atoms with E-state index in [1.54, 1.807) is 30.4 Å². The Hall–Kier alpha value is -3.28. The number of pyridine rings is 1. The molecule has 0 unspecified atom stereocenters. The highest BCUT2D eigenvalue weighted by molar-refractivity contribution is 5.92. The molecule has 1 amide bonds. The predicted octanol–water partition coefficient (Wildman–Crippen LogP) is 4.16. The van der Waals surface area contributed by atoms with Crippen molar-refractivity contribution in [3.63, 3.8) is 0 Å². The molecule has 0 bridgehead atoms. The second-order valence-electron chi connectivity index (χ2n) is 7.45. The first-order valence-electron chi connectivity index (χ1n) is 9.68. The Balaban J connectivity index is 1.77. The molecule has 29 heavy (non-hydrogen) atoms. The minimum absolute atomic E-state index is 0.120. The van der Waals surface area contributed by atoms with E-state index in [1.165, 1.54) is 5.56 Å². The topological polar surface area (TPSA) is 71.0 Å². The number of hydrogen-bond acceptors (Lipinski definition) is 5. The molecule has 150 valence electrons. The molecule has 2 aromatic heterocycles. The van der Waals surface area contributed by atoms with Crippen molar-refractivity contribution in [2.75, 3.05) is 18.9 Å². The molecular formula is C23H27N5O. The number of hydrogen-bond donors (Lipinski definition) is 1. The molecule has 3 rings (SSSR count). The summed E-state index contributed by atoms with van der Waals surface area (Å²) in [5, 5.41) is 3.30. The van der Waals surface area contributed by atoms with Crippen molar-refractivity contribution in [3.8, 4) is 0 Å². The normalized spacial score (nSPS) is 10.7. The van der Waals surface area contributed by atoms with Gasteiger partial charge in [0, 0.05) is 37.4 Å². The molecule has 0 aliphatic carbocycles. The minimum Gasteiger partial charge on any atom is -0.340 e. The summed E-state index contributed by atoms with van der Waals surface area (Å²) in [6.45, 7) is 8.65. The van der Waals surface area contributed by atoms with Gasteiger partial charge in [-0.15, -0.1) is 0 Å². The first kappa shape index (κ1) is 20.5. The average Bonchev–Trinajstić information content (AvgIpc) is 2.68. The quantitative estimate of drug-likeness (QED) is 0.685. The Morgan fingerprint density at radius 2 is 1.66 bits per heavy atom. The Morgan fingerprint density at radius 1 is 1.00 bits per heavy atom. The molecule has 0 spiro atoms. The Bertz CT molecular complexity index is 994. The summed E-state index contributed by atoms with van der Waals surface area (Å²) in [6.07, 6.45) is 4.29. The molecular weight excluding hydrogens is 362 g/mol. The lowest BCUT2D eigenvalue weighted by molar-refractivity contribution is 0.0790. The Kier molecular flexibility index (Phi) is 6.22. The van der Waals surface area contributed by atoms with Gasteiger partial charge in [-0.3, -0.25) is 9.78 Å². The maximum absolute atomic E-state index is 12.9. The molecule has 0 aliphatic heterocycles. The summed E-state index contributed by atoms with van der Waals surface area (Å²) in [5.74, 6) is 0.316. The highest BCUT2D eigenvalue weighted by Gasteiger charge is 2.16. The van der Waals surface area contributed by atoms with Gasteiger partial charge in [-0.1, -0.05) is 17.7 Å². The monoisotopic (exact) mass is 389 g/mol. The minimum atomic E-state index is -0.120. The Morgan fingerprint density at radius 3 is 2.31 bits per heavy atom. The molecule has 0 fully saturated rings. The number of carbonyl (C=O) groups is 1. The number of rotatable bonds is 6. The van der Waals surface area contributed by atoms with Crippen LogP contribution in [0, 0.1) is 27.7 Å². The van der Waals surface area contributed by atoms with Crippen LogP contribution >= 0.6 is 0 Å². The molecule has 6 nitrogen and oxygen atoms in total. The van der Waals surface area contributed by atoms with Crippen molar-refractivity contribution >= 4 is 17.5 Å². The lowest BCUT2D eigenvalue weighted by atomic mass is 10.1. The SMILES string of the molecule is Cc1cc(C)c(Nc2nc(C)cc(C(=O)N(C)CCc3ccncc3)n2)c(C)c1. The van der Waals surface area contributed by atoms with Gasteiger partial charge >= 0.3 is 0 Å². The van der Waals surface area contributed by atoms with Gasteiger partial charge in [-0.05, 0) is 69.0 Å². The fourth-order valence-electron chi connectivity index (χ4n) is 3.37. The van der Waals surface area contributed by atoms with E-state index in [1.807, 2.05) is 19.1 Å². The van der Waals surface area contributed by atoms with Crippen LogP contribution < -0.4 is 5.32 Å². The van der Waals surface area contributed by atoms with Crippen LogP contribution in [0.1, 0.15) is 38.4 Å². The summed E-state index contributed by atoms with van der Waals surface area (Å²) in [4.78, 5) is 27.6. The van der Waals surface area contributed by atoms with Crippen molar-refractivity contribution in [2.45, 2.75) is 34.1 Å². The fourth-order valence-corrected chi connectivity index (χ4v) is 3.37. The first-order chi connectivity index (χ1) is 13.8. The number of nitrogens with one attached hydrogen (secondary N) is 1. The molecule has 0 saturated carbocycles. The van der Waals surface area contributed by atoms with E-state index in [-0.39, 0.29) is 5.91 Å². The van der Waals surface area contributed by atoms with E-state index < -0.39 is 0 Å². The molecule has 0 aliphatic rings. The van der Waals surface area contributed by atoms with Crippen molar-refractivity contribution in [1.29, 1.82) is 0 Å². The summed E-state index contributed by atoms with van der Waals surface area (Å²) in [5.41, 5.74) is 6.71. The van der Waals surface area contributed by atoms with E-state index in [0.29, 0.717) is 18.2 Å². The van der Waals surface area contributed by atoms with Crippen molar-refractivity contribution < 1.29 is 4.79 Å². The second kappa shape index (κ2) is 8.82. The van der Waals surface area contributed by atoms with Crippen LogP contribution in [0.3, 0.4) is 0 Å². The predicted molar refractivity (Wildman–Crippen MR) is 116 cm³/mol. The molecule has 0 radical (unpaired) electrons. The largest absolute Gasteiger partial charge is 0.340 e. The number of amides is 1. The lowest BCUT2D eigenvalue weighted by Gasteiger charge is -2.18. The van der Waals surface area contributed by atoms with E-state index in [2.05, 4.69) is 53.2 Å². The van der Waals surface area contributed by atoms with Crippen LogP contribution in [-0.2, 0) is 6.42 Å². The second-order valence-corrected chi connectivity index (χ2v) is 7.45. The van der Waals surface area contributed by atoms with Gasteiger partial charge in [0.05, 0.1) is 0 Å². The van der Waals surface area contributed by atoms with Crippen LogP contribution in [0.5, 0.6) is 0 Å². The molecule has 1 aromatic carbocycles. The average molecular weight is 390 g/mol. The van der Waals surface area contributed by atoms with Crippen molar-refractivity contribution in [2.24, 2.45) is 0 Å². The number of benzene rings is 1. The standard InChI is InChI=1S/C23H27N5O/c1-15-12-16(2)21(17(3)13-15)27-23-25-18(4)14-20(26-23)22(29)28(5)11-8-19-6-9-24-10-7-19/h6-7,9-10,12-14H,8,11H2,1-5H3,(H,25,26,27). The van der Waals surface area contributed by atoms with Crippen molar-refractivity contribution in [3.05, 3.63) is 76.4 Å². The lowest BCUT2D eigenvalue weighted by Crippen LogP contribution is -2.30. The van der Waals surface area contributed by atoms with E-state index in [0.717, 1.165) is 34.5 Å². The highest BCUT2D eigenvalue weighted by Crippen LogP contribution is 2.24. The fraction of sp³-hybridized carbons (Fsp3) is 0.304.